The van der Waals surface area contributed by atoms with Crippen LogP contribution in [0.3, 0.4) is 0 Å². The molecule has 0 saturated heterocycles. The van der Waals surface area contributed by atoms with E-state index in [9.17, 15) is 4.79 Å². The molecular formula is C23H24N6O2. The second-order valence-electron chi connectivity index (χ2n) is 7.62. The Morgan fingerprint density at radius 2 is 2.16 bits per heavy atom. The third-order valence-corrected chi connectivity index (χ3v) is 5.70. The second kappa shape index (κ2) is 8.68. The van der Waals surface area contributed by atoms with E-state index in [0.29, 0.717) is 36.6 Å². The Morgan fingerprint density at radius 1 is 1.32 bits per heavy atom. The lowest BCUT2D eigenvalue weighted by Gasteiger charge is -2.20. The molecule has 0 radical (unpaired) electrons. The van der Waals surface area contributed by atoms with Crippen LogP contribution in [0.4, 0.5) is 0 Å². The molecule has 0 saturated carbocycles. The number of aromatic nitrogens is 3. The molecule has 3 heterocycles. The summed E-state index contributed by atoms with van der Waals surface area (Å²) in [6, 6.07) is 7.93. The fraction of sp³-hybridized carbons (Fsp3) is 0.304. The van der Waals surface area contributed by atoms with Gasteiger partial charge in [-0.2, -0.15) is 10.4 Å². The van der Waals surface area contributed by atoms with Gasteiger partial charge >= 0.3 is 5.97 Å². The number of aryl methyl sites for hydroxylation is 1. The van der Waals surface area contributed by atoms with Crippen LogP contribution in [0.25, 0.3) is 5.82 Å². The minimum Gasteiger partial charge on any atom is -0.457 e. The van der Waals surface area contributed by atoms with Crippen molar-refractivity contribution in [2.45, 2.75) is 33.0 Å². The lowest BCUT2D eigenvalue weighted by Crippen LogP contribution is -2.30. The highest BCUT2D eigenvalue weighted by molar-refractivity contribution is 5.93. The van der Waals surface area contributed by atoms with Crippen LogP contribution in [0.1, 0.15) is 49.8 Å². The standard InChI is InChI=1S/C23H24N6O2/c1-14-6-22(27-10-17(14)7-24)29-12-16(9-28-29)8-26-11-21(25-3)18-4-5-19-20(15(18)2)13-31-23(19)30/h4-6,9-10,12,21,25-26H,8,11,13H2,1-3H3. The van der Waals surface area contributed by atoms with Gasteiger partial charge in [0.05, 0.1) is 17.3 Å². The highest BCUT2D eigenvalue weighted by atomic mass is 16.5. The quantitative estimate of drug-likeness (QED) is 0.570. The smallest absolute Gasteiger partial charge is 0.338 e. The van der Waals surface area contributed by atoms with Gasteiger partial charge in [-0.1, -0.05) is 6.07 Å². The third-order valence-electron chi connectivity index (χ3n) is 5.70. The SMILES string of the molecule is CNC(CNCc1cnn(-c2cc(C)c(C#N)cn2)c1)c1ccc2c(c1C)COC2=O. The first-order valence-electron chi connectivity index (χ1n) is 10.1. The summed E-state index contributed by atoms with van der Waals surface area (Å²) in [7, 11) is 1.93. The monoisotopic (exact) mass is 416 g/mol. The lowest BCUT2D eigenvalue weighted by atomic mass is 9.94. The van der Waals surface area contributed by atoms with Crippen molar-refractivity contribution in [3.63, 3.8) is 0 Å². The molecule has 1 aromatic carbocycles. The number of carbonyl (C=O) groups is 1. The second-order valence-corrected chi connectivity index (χ2v) is 7.62. The summed E-state index contributed by atoms with van der Waals surface area (Å²) < 4.78 is 6.88. The molecule has 4 rings (SSSR count). The maximum atomic E-state index is 11.8. The first-order chi connectivity index (χ1) is 15.0. The molecular weight excluding hydrogens is 392 g/mol. The van der Waals surface area contributed by atoms with Crippen molar-refractivity contribution in [1.29, 1.82) is 5.26 Å². The molecule has 0 aliphatic carbocycles. The Bertz CT molecular complexity index is 1180. The Balaban J connectivity index is 1.41. The first kappa shape index (κ1) is 20.7. The summed E-state index contributed by atoms with van der Waals surface area (Å²) in [5, 5.41) is 20.3. The van der Waals surface area contributed by atoms with Gasteiger partial charge in [-0.25, -0.2) is 14.5 Å². The summed E-state index contributed by atoms with van der Waals surface area (Å²) in [6.07, 6.45) is 5.30. The van der Waals surface area contributed by atoms with Gasteiger partial charge in [0.2, 0.25) is 0 Å². The highest BCUT2D eigenvalue weighted by Gasteiger charge is 2.25. The molecule has 0 amide bonds. The van der Waals surface area contributed by atoms with Crippen LogP contribution in [0.2, 0.25) is 0 Å². The first-order valence-corrected chi connectivity index (χ1v) is 10.1. The van der Waals surface area contributed by atoms with Crippen molar-refractivity contribution >= 4 is 5.97 Å². The maximum Gasteiger partial charge on any atom is 0.338 e. The highest BCUT2D eigenvalue weighted by Crippen LogP contribution is 2.28. The van der Waals surface area contributed by atoms with E-state index in [2.05, 4.69) is 26.8 Å². The number of nitrogens with zero attached hydrogens (tertiary/aromatic N) is 4. The summed E-state index contributed by atoms with van der Waals surface area (Å²) in [6.45, 7) is 5.64. The molecule has 1 aliphatic heterocycles. The number of rotatable bonds is 7. The number of cyclic esters (lactones) is 1. The summed E-state index contributed by atoms with van der Waals surface area (Å²) in [5.41, 5.74) is 6.37. The average Bonchev–Trinajstić information content (AvgIpc) is 3.39. The third kappa shape index (κ3) is 4.06. The van der Waals surface area contributed by atoms with Crippen LogP contribution in [-0.4, -0.2) is 34.3 Å². The van der Waals surface area contributed by atoms with Crippen LogP contribution in [0.5, 0.6) is 0 Å². The van der Waals surface area contributed by atoms with Gasteiger partial charge in [-0.05, 0) is 49.7 Å². The number of likely N-dealkylation sites (N-methyl/N-ethyl adjacent to an activating group) is 1. The number of ether oxygens (including phenoxy) is 1. The van der Waals surface area contributed by atoms with E-state index in [1.54, 1.807) is 17.1 Å². The normalized spacial score (nSPS) is 13.5. The summed E-state index contributed by atoms with van der Waals surface area (Å²) in [4.78, 5) is 16.1. The van der Waals surface area contributed by atoms with Crippen molar-refractivity contribution in [2.75, 3.05) is 13.6 Å². The number of hydrogen-bond acceptors (Lipinski definition) is 7. The molecule has 8 heteroatoms. The zero-order valence-electron chi connectivity index (χ0n) is 17.8. The maximum absolute atomic E-state index is 11.8. The topological polar surface area (TPSA) is 105 Å². The number of carbonyl (C=O) groups excluding carboxylic acids is 1. The Kier molecular flexibility index (Phi) is 5.80. The lowest BCUT2D eigenvalue weighted by molar-refractivity contribution is 0.0535. The molecule has 0 fully saturated rings. The molecule has 0 bridgehead atoms. The van der Waals surface area contributed by atoms with Gasteiger partial charge in [0.15, 0.2) is 5.82 Å². The minimum absolute atomic E-state index is 0.0962. The van der Waals surface area contributed by atoms with Crippen molar-refractivity contribution in [3.05, 3.63) is 75.7 Å². The van der Waals surface area contributed by atoms with E-state index in [4.69, 9.17) is 10.00 Å². The van der Waals surface area contributed by atoms with E-state index in [1.165, 1.54) is 0 Å². The van der Waals surface area contributed by atoms with E-state index in [1.807, 2.05) is 45.3 Å². The number of nitriles is 1. The van der Waals surface area contributed by atoms with Gasteiger partial charge in [0.1, 0.15) is 12.7 Å². The fourth-order valence-corrected chi connectivity index (χ4v) is 3.83. The molecule has 1 aliphatic rings. The van der Waals surface area contributed by atoms with Crippen molar-refractivity contribution in [3.8, 4) is 11.9 Å². The predicted molar refractivity (Wildman–Crippen MR) is 115 cm³/mol. The van der Waals surface area contributed by atoms with Gasteiger partial charge in [0.25, 0.3) is 0 Å². The zero-order chi connectivity index (χ0) is 22.0. The van der Waals surface area contributed by atoms with Gasteiger partial charge in [-0.15, -0.1) is 0 Å². The van der Waals surface area contributed by atoms with Gasteiger partial charge < -0.3 is 15.4 Å². The number of hydrogen-bond donors (Lipinski definition) is 2. The zero-order valence-corrected chi connectivity index (χ0v) is 17.8. The Labute approximate surface area is 180 Å². The molecule has 2 N–H and O–H groups in total. The molecule has 1 unspecified atom stereocenters. The fourth-order valence-electron chi connectivity index (χ4n) is 3.83. The largest absolute Gasteiger partial charge is 0.457 e. The number of benzene rings is 1. The van der Waals surface area contributed by atoms with E-state index >= 15 is 0 Å². The van der Waals surface area contributed by atoms with Crippen molar-refractivity contribution in [1.82, 2.24) is 25.4 Å². The predicted octanol–water partition coefficient (Wildman–Crippen LogP) is 2.48. The van der Waals surface area contributed by atoms with Crippen molar-refractivity contribution in [2.24, 2.45) is 0 Å². The van der Waals surface area contributed by atoms with Crippen LogP contribution in [0.15, 0.2) is 36.8 Å². The molecule has 31 heavy (non-hydrogen) atoms. The van der Waals surface area contributed by atoms with Crippen LogP contribution in [0, 0.1) is 25.2 Å². The van der Waals surface area contributed by atoms with E-state index in [0.717, 1.165) is 27.8 Å². The Morgan fingerprint density at radius 3 is 2.90 bits per heavy atom. The number of nitrogens with one attached hydrogen (secondary N) is 2. The molecule has 1 atom stereocenters. The van der Waals surface area contributed by atoms with E-state index in [-0.39, 0.29) is 12.0 Å². The van der Waals surface area contributed by atoms with Crippen LogP contribution in [-0.2, 0) is 17.9 Å². The average molecular weight is 416 g/mol. The number of esters is 1. The van der Waals surface area contributed by atoms with Crippen LogP contribution >= 0.6 is 0 Å². The minimum atomic E-state index is -0.243. The van der Waals surface area contributed by atoms with Crippen molar-refractivity contribution < 1.29 is 9.53 Å². The Hall–Kier alpha value is -3.54. The number of fused-ring (bicyclic) bond motifs is 1. The van der Waals surface area contributed by atoms with Gasteiger partial charge in [-0.3, -0.25) is 0 Å². The van der Waals surface area contributed by atoms with E-state index < -0.39 is 0 Å². The molecule has 8 nitrogen and oxygen atoms in total. The molecule has 2 aromatic heterocycles. The molecule has 0 spiro atoms. The molecule has 158 valence electrons. The summed E-state index contributed by atoms with van der Waals surface area (Å²) in [5.74, 6) is 0.439. The van der Waals surface area contributed by atoms with Gasteiger partial charge in [0, 0.05) is 42.7 Å². The summed E-state index contributed by atoms with van der Waals surface area (Å²) >= 11 is 0. The number of pyridine rings is 1. The molecule has 3 aromatic rings. The van der Waals surface area contributed by atoms with Crippen LogP contribution < -0.4 is 10.6 Å².